The van der Waals surface area contributed by atoms with Gasteiger partial charge in [-0.05, 0) is 30.7 Å². The second-order valence-corrected chi connectivity index (χ2v) is 5.71. The number of carbonyl (C=O) groups is 2. The smallest absolute Gasteiger partial charge is 0.269 e. The third-order valence-electron chi connectivity index (χ3n) is 3.46. The molecule has 0 saturated carbocycles. The van der Waals surface area contributed by atoms with Crippen molar-refractivity contribution in [3.63, 3.8) is 0 Å². The summed E-state index contributed by atoms with van der Waals surface area (Å²) in [4.78, 5) is 26.0. The van der Waals surface area contributed by atoms with Gasteiger partial charge in [-0.3, -0.25) is 14.7 Å². The molecule has 1 aromatic heterocycles. The molecule has 22 heavy (non-hydrogen) atoms. The van der Waals surface area contributed by atoms with Crippen molar-refractivity contribution in [1.29, 1.82) is 0 Å². The predicted molar refractivity (Wildman–Crippen MR) is 83.3 cm³/mol. The van der Waals surface area contributed by atoms with Crippen LogP contribution in [0.5, 0.6) is 0 Å². The molecular weight excluding hydrogens is 327 g/mol. The lowest BCUT2D eigenvalue weighted by Gasteiger charge is -2.18. The summed E-state index contributed by atoms with van der Waals surface area (Å²) in [5.41, 5.74) is 0.908. The summed E-state index contributed by atoms with van der Waals surface area (Å²) in [5.74, 6) is -0.558. The average Bonchev–Trinajstić information content (AvgIpc) is 3.11. The molecule has 1 aromatic carbocycles. The number of aromatic nitrogens is 2. The summed E-state index contributed by atoms with van der Waals surface area (Å²) in [7, 11) is 0. The molecule has 1 atom stereocenters. The van der Waals surface area contributed by atoms with Crippen LogP contribution in [-0.2, 0) is 4.79 Å². The van der Waals surface area contributed by atoms with Crippen LogP contribution in [0.1, 0.15) is 16.9 Å². The van der Waals surface area contributed by atoms with Crippen LogP contribution in [0.4, 0.5) is 5.69 Å². The second kappa shape index (κ2) is 5.98. The topological polar surface area (TPSA) is 78.1 Å². The zero-order chi connectivity index (χ0) is 15.7. The van der Waals surface area contributed by atoms with E-state index < -0.39 is 6.04 Å². The van der Waals surface area contributed by atoms with Gasteiger partial charge in [-0.2, -0.15) is 5.10 Å². The number of H-pyrrole nitrogens is 1. The molecule has 8 heteroatoms. The minimum atomic E-state index is -0.581. The monoisotopic (exact) mass is 338 g/mol. The van der Waals surface area contributed by atoms with Gasteiger partial charge in [0, 0.05) is 17.8 Å². The normalized spacial score (nSPS) is 17.8. The highest BCUT2D eigenvalue weighted by molar-refractivity contribution is 6.36. The van der Waals surface area contributed by atoms with Crippen molar-refractivity contribution in [2.75, 3.05) is 11.4 Å². The fourth-order valence-electron chi connectivity index (χ4n) is 2.37. The van der Waals surface area contributed by atoms with E-state index in [2.05, 4.69) is 15.5 Å². The Labute approximate surface area is 136 Å². The van der Waals surface area contributed by atoms with Crippen LogP contribution >= 0.6 is 23.2 Å². The summed E-state index contributed by atoms with van der Waals surface area (Å²) >= 11 is 12.0. The minimum Gasteiger partial charge on any atom is -0.339 e. The molecule has 3 rings (SSSR count). The molecule has 1 aliphatic heterocycles. The van der Waals surface area contributed by atoms with Gasteiger partial charge in [0.15, 0.2) is 0 Å². The molecule has 0 bridgehead atoms. The molecule has 1 fully saturated rings. The van der Waals surface area contributed by atoms with E-state index in [4.69, 9.17) is 23.2 Å². The van der Waals surface area contributed by atoms with E-state index in [1.54, 1.807) is 29.2 Å². The number of carbonyl (C=O) groups excluding carboxylic acids is 2. The number of anilines is 1. The zero-order valence-corrected chi connectivity index (χ0v) is 12.9. The number of benzene rings is 1. The van der Waals surface area contributed by atoms with Gasteiger partial charge < -0.3 is 10.2 Å². The highest BCUT2D eigenvalue weighted by atomic mass is 35.5. The summed E-state index contributed by atoms with van der Waals surface area (Å²) in [5, 5.41) is 9.87. The number of hydrogen-bond acceptors (Lipinski definition) is 3. The fraction of sp³-hybridized carbons (Fsp3) is 0.214. The Bertz CT molecular complexity index is 718. The molecule has 0 radical (unpaired) electrons. The van der Waals surface area contributed by atoms with Crippen LogP contribution in [0.3, 0.4) is 0 Å². The Balaban J connectivity index is 1.73. The predicted octanol–water partition coefficient (Wildman–Crippen LogP) is 2.25. The van der Waals surface area contributed by atoms with Gasteiger partial charge in [0.1, 0.15) is 11.7 Å². The molecule has 2 heterocycles. The van der Waals surface area contributed by atoms with Crippen LogP contribution in [0.2, 0.25) is 10.0 Å². The molecule has 1 aliphatic rings. The van der Waals surface area contributed by atoms with Crippen LogP contribution in [-0.4, -0.2) is 34.6 Å². The highest BCUT2D eigenvalue weighted by Gasteiger charge is 2.34. The van der Waals surface area contributed by atoms with Gasteiger partial charge in [-0.1, -0.05) is 23.2 Å². The number of amides is 2. The fourth-order valence-corrected chi connectivity index (χ4v) is 2.88. The van der Waals surface area contributed by atoms with E-state index in [0.29, 0.717) is 34.4 Å². The number of nitrogens with one attached hydrogen (secondary N) is 2. The Hall–Kier alpha value is -2.05. The maximum Gasteiger partial charge on any atom is 0.269 e. The third-order valence-corrected chi connectivity index (χ3v) is 3.99. The summed E-state index contributed by atoms with van der Waals surface area (Å²) in [6, 6.07) is 5.92. The zero-order valence-electron chi connectivity index (χ0n) is 11.3. The van der Waals surface area contributed by atoms with Crippen molar-refractivity contribution in [3.8, 4) is 0 Å². The van der Waals surface area contributed by atoms with Gasteiger partial charge in [0.2, 0.25) is 5.91 Å². The SMILES string of the molecule is O=C(N[C@@H]1CCN(c2ccc(Cl)cc2Cl)C1=O)c1ccn[nH]1. The molecule has 114 valence electrons. The lowest BCUT2D eigenvalue weighted by atomic mass is 10.2. The first-order chi connectivity index (χ1) is 10.6. The van der Waals surface area contributed by atoms with E-state index in [1.807, 2.05) is 0 Å². The van der Waals surface area contributed by atoms with E-state index in [1.165, 1.54) is 6.20 Å². The quantitative estimate of drug-likeness (QED) is 0.900. The number of rotatable bonds is 3. The number of hydrogen-bond donors (Lipinski definition) is 2. The summed E-state index contributed by atoms with van der Waals surface area (Å²) in [6.07, 6.45) is 1.99. The maximum atomic E-state index is 12.4. The lowest BCUT2D eigenvalue weighted by molar-refractivity contribution is -0.118. The van der Waals surface area contributed by atoms with Gasteiger partial charge in [-0.25, -0.2) is 0 Å². The first-order valence-electron chi connectivity index (χ1n) is 6.63. The van der Waals surface area contributed by atoms with E-state index >= 15 is 0 Å². The number of nitrogens with zero attached hydrogens (tertiary/aromatic N) is 2. The number of aromatic amines is 1. The van der Waals surface area contributed by atoms with Crippen LogP contribution < -0.4 is 10.2 Å². The lowest BCUT2D eigenvalue weighted by Crippen LogP contribution is -2.41. The molecule has 0 spiro atoms. The van der Waals surface area contributed by atoms with Crippen LogP contribution in [0.15, 0.2) is 30.5 Å². The molecule has 0 aliphatic carbocycles. The van der Waals surface area contributed by atoms with Gasteiger partial charge in [-0.15, -0.1) is 0 Å². The van der Waals surface area contributed by atoms with Gasteiger partial charge >= 0.3 is 0 Å². The van der Waals surface area contributed by atoms with Crippen molar-refractivity contribution in [3.05, 3.63) is 46.2 Å². The molecule has 2 aromatic rings. The Morgan fingerprint density at radius 3 is 2.86 bits per heavy atom. The molecule has 0 unspecified atom stereocenters. The Kier molecular flexibility index (Phi) is 4.04. The standard InChI is InChI=1S/C14H12Cl2N4O2/c15-8-1-2-12(9(16)7-8)20-6-4-11(14(20)22)18-13(21)10-3-5-17-19-10/h1-3,5,7,11H,4,6H2,(H,17,19)(H,18,21)/t11-/m1/s1. The first-order valence-corrected chi connectivity index (χ1v) is 7.38. The Morgan fingerprint density at radius 1 is 1.36 bits per heavy atom. The van der Waals surface area contributed by atoms with Crippen molar-refractivity contribution in [2.45, 2.75) is 12.5 Å². The van der Waals surface area contributed by atoms with Crippen LogP contribution in [0.25, 0.3) is 0 Å². The highest BCUT2D eigenvalue weighted by Crippen LogP contribution is 2.31. The largest absolute Gasteiger partial charge is 0.339 e. The molecule has 2 amide bonds. The molecular formula is C14H12Cl2N4O2. The second-order valence-electron chi connectivity index (χ2n) is 4.87. The van der Waals surface area contributed by atoms with Gasteiger partial charge in [0.25, 0.3) is 5.91 Å². The van der Waals surface area contributed by atoms with Crippen molar-refractivity contribution in [2.24, 2.45) is 0 Å². The summed E-state index contributed by atoms with van der Waals surface area (Å²) in [6.45, 7) is 0.480. The van der Waals surface area contributed by atoms with E-state index in [9.17, 15) is 9.59 Å². The third kappa shape index (κ3) is 2.80. The van der Waals surface area contributed by atoms with E-state index in [0.717, 1.165) is 0 Å². The molecule has 1 saturated heterocycles. The maximum absolute atomic E-state index is 12.4. The van der Waals surface area contributed by atoms with Crippen LogP contribution in [0, 0.1) is 0 Å². The summed E-state index contributed by atoms with van der Waals surface area (Å²) < 4.78 is 0. The van der Waals surface area contributed by atoms with Crippen molar-refractivity contribution >= 4 is 40.7 Å². The van der Waals surface area contributed by atoms with E-state index in [-0.39, 0.29) is 11.8 Å². The van der Waals surface area contributed by atoms with Crippen molar-refractivity contribution in [1.82, 2.24) is 15.5 Å². The molecule has 6 nitrogen and oxygen atoms in total. The van der Waals surface area contributed by atoms with Crippen molar-refractivity contribution < 1.29 is 9.59 Å². The average molecular weight is 339 g/mol. The van der Waals surface area contributed by atoms with Gasteiger partial charge in [0.05, 0.1) is 10.7 Å². The first kappa shape index (κ1) is 14.9. The minimum absolute atomic E-state index is 0.197. The Morgan fingerprint density at radius 2 is 2.18 bits per heavy atom. The number of halogens is 2. The molecule has 2 N–H and O–H groups in total.